The lowest BCUT2D eigenvalue weighted by molar-refractivity contribution is 0.387. The molecule has 0 saturated carbocycles. The van der Waals surface area contributed by atoms with Crippen LogP contribution >= 0.6 is 11.8 Å². The summed E-state index contributed by atoms with van der Waals surface area (Å²) < 4.78 is 0. The van der Waals surface area contributed by atoms with Gasteiger partial charge in [-0.05, 0) is 25.0 Å². The number of nitrogens with one attached hydrogen (secondary N) is 1. The molecule has 0 aromatic carbocycles. The normalized spacial score (nSPS) is 27.8. The lowest BCUT2D eigenvalue weighted by atomic mass is 10.1. The van der Waals surface area contributed by atoms with Gasteiger partial charge in [0, 0.05) is 17.8 Å². The van der Waals surface area contributed by atoms with Gasteiger partial charge < -0.3 is 5.32 Å². The quantitative estimate of drug-likeness (QED) is 0.701. The standard InChI is InChI=1S/C9H19NS/c1-7(2)8(3)10-9-4-5-11-6-9/h7-10H,4-6H2,1-3H3. The van der Waals surface area contributed by atoms with Crippen molar-refractivity contribution in [1.82, 2.24) is 5.32 Å². The molecule has 0 radical (unpaired) electrons. The summed E-state index contributed by atoms with van der Waals surface area (Å²) in [5.74, 6) is 3.43. The highest BCUT2D eigenvalue weighted by Gasteiger charge is 2.18. The van der Waals surface area contributed by atoms with Crippen molar-refractivity contribution >= 4 is 11.8 Å². The maximum absolute atomic E-state index is 3.66. The fourth-order valence-corrected chi connectivity index (χ4v) is 2.40. The molecule has 0 aliphatic carbocycles. The Kier molecular flexibility index (Phi) is 3.73. The molecular weight excluding hydrogens is 154 g/mol. The van der Waals surface area contributed by atoms with Crippen molar-refractivity contribution in [3.8, 4) is 0 Å². The van der Waals surface area contributed by atoms with E-state index < -0.39 is 0 Å². The van der Waals surface area contributed by atoms with Crippen molar-refractivity contribution < 1.29 is 0 Å². The molecule has 0 aromatic heterocycles. The van der Waals surface area contributed by atoms with Gasteiger partial charge in [0.15, 0.2) is 0 Å². The lowest BCUT2D eigenvalue weighted by Gasteiger charge is -2.21. The van der Waals surface area contributed by atoms with Crippen LogP contribution in [0.4, 0.5) is 0 Å². The van der Waals surface area contributed by atoms with E-state index in [0.717, 1.165) is 12.0 Å². The first kappa shape index (κ1) is 9.40. The Bertz CT molecular complexity index is 108. The molecule has 1 aliphatic rings. The molecule has 0 amide bonds. The fourth-order valence-electron chi connectivity index (χ4n) is 1.23. The molecule has 2 heteroatoms. The first-order valence-corrected chi connectivity index (χ1v) is 5.69. The van der Waals surface area contributed by atoms with E-state index in [1.54, 1.807) is 0 Å². The van der Waals surface area contributed by atoms with Crippen molar-refractivity contribution in [2.75, 3.05) is 11.5 Å². The average Bonchev–Trinajstić information content (AvgIpc) is 2.39. The van der Waals surface area contributed by atoms with Crippen LogP contribution in [0.3, 0.4) is 0 Å². The third-order valence-corrected chi connectivity index (χ3v) is 3.59. The van der Waals surface area contributed by atoms with Crippen molar-refractivity contribution in [3.05, 3.63) is 0 Å². The Balaban J connectivity index is 2.18. The topological polar surface area (TPSA) is 12.0 Å². The second-order valence-electron chi connectivity index (χ2n) is 3.76. The summed E-state index contributed by atoms with van der Waals surface area (Å²) in [5.41, 5.74) is 0. The summed E-state index contributed by atoms with van der Waals surface area (Å²) in [6.45, 7) is 6.84. The van der Waals surface area contributed by atoms with Crippen LogP contribution < -0.4 is 5.32 Å². The molecule has 1 rings (SSSR count). The largest absolute Gasteiger partial charge is 0.310 e. The Morgan fingerprint density at radius 2 is 2.09 bits per heavy atom. The Hall–Kier alpha value is 0.310. The van der Waals surface area contributed by atoms with Gasteiger partial charge in [-0.2, -0.15) is 11.8 Å². The summed E-state index contributed by atoms with van der Waals surface area (Å²) in [6, 6.07) is 1.47. The van der Waals surface area contributed by atoms with Crippen LogP contribution in [-0.2, 0) is 0 Å². The average molecular weight is 173 g/mol. The summed E-state index contributed by atoms with van der Waals surface area (Å²) in [7, 11) is 0. The van der Waals surface area contributed by atoms with Gasteiger partial charge in [-0.1, -0.05) is 13.8 Å². The van der Waals surface area contributed by atoms with Gasteiger partial charge in [-0.25, -0.2) is 0 Å². The van der Waals surface area contributed by atoms with E-state index in [-0.39, 0.29) is 0 Å². The number of rotatable bonds is 3. The van der Waals surface area contributed by atoms with Gasteiger partial charge in [0.2, 0.25) is 0 Å². The summed E-state index contributed by atoms with van der Waals surface area (Å²) in [4.78, 5) is 0. The SMILES string of the molecule is CC(C)C(C)NC1CCSC1. The van der Waals surface area contributed by atoms with Crippen molar-refractivity contribution in [2.24, 2.45) is 5.92 Å². The third kappa shape index (κ3) is 3.04. The molecule has 0 aromatic rings. The molecule has 0 bridgehead atoms. The predicted octanol–water partition coefficient (Wildman–Crippen LogP) is 2.13. The van der Waals surface area contributed by atoms with E-state index in [1.807, 2.05) is 0 Å². The minimum Gasteiger partial charge on any atom is -0.310 e. The van der Waals surface area contributed by atoms with E-state index in [4.69, 9.17) is 0 Å². The van der Waals surface area contributed by atoms with Crippen LogP contribution in [0.1, 0.15) is 27.2 Å². The highest BCUT2D eigenvalue weighted by Crippen LogP contribution is 2.18. The molecule has 1 fully saturated rings. The van der Waals surface area contributed by atoms with Gasteiger partial charge in [0.1, 0.15) is 0 Å². The van der Waals surface area contributed by atoms with Gasteiger partial charge in [0.25, 0.3) is 0 Å². The van der Waals surface area contributed by atoms with Crippen LogP contribution in [0.15, 0.2) is 0 Å². The molecule has 0 spiro atoms. The van der Waals surface area contributed by atoms with Crippen LogP contribution in [0.25, 0.3) is 0 Å². The Labute approximate surface area is 74.3 Å². The zero-order chi connectivity index (χ0) is 8.27. The van der Waals surface area contributed by atoms with Crippen molar-refractivity contribution in [2.45, 2.75) is 39.3 Å². The molecule has 66 valence electrons. The van der Waals surface area contributed by atoms with Gasteiger partial charge in [-0.3, -0.25) is 0 Å². The number of hydrogen-bond donors (Lipinski definition) is 1. The zero-order valence-electron chi connectivity index (χ0n) is 7.76. The monoisotopic (exact) mass is 173 g/mol. The van der Waals surface area contributed by atoms with Crippen LogP contribution in [0.2, 0.25) is 0 Å². The molecular formula is C9H19NS. The fraction of sp³-hybridized carbons (Fsp3) is 1.00. The molecule has 2 atom stereocenters. The first-order valence-electron chi connectivity index (χ1n) is 4.54. The Morgan fingerprint density at radius 1 is 1.36 bits per heavy atom. The van der Waals surface area contributed by atoms with Crippen LogP contribution in [0.5, 0.6) is 0 Å². The van der Waals surface area contributed by atoms with E-state index >= 15 is 0 Å². The minimum absolute atomic E-state index is 0.679. The van der Waals surface area contributed by atoms with Crippen molar-refractivity contribution in [1.29, 1.82) is 0 Å². The molecule has 1 nitrogen and oxygen atoms in total. The summed E-state index contributed by atoms with van der Waals surface area (Å²) in [5, 5.41) is 3.66. The molecule has 1 aliphatic heterocycles. The molecule has 11 heavy (non-hydrogen) atoms. The van der Waals surface area contributed by atoms with E-state index in [1.165, 1.54) is 17.9 Å². The van der Waals surface area contributed by atoms with Crippen molar-refractivity contribution in [3.63, 3.8) is 0 Å². The molecule has 2 unspecified atom stereocenters. The highest BCUT2D eigenvalue weighted by atomic mass is 32.2. The predicted molar refractivity (Wildman–Crippen MR) is 53.2 cm³/mol. The van der Waals surface area contributed by atoms with E-state index in [9.17, 15) is 0 Å². The first-order chi connectivity index (χ1) is 5.20. The summed E-state index contributed by atoms with van der Waals surface area (Å²) in [6.07, 6.45) is 1.36. The van der Waals surface area contributed by atoms with Gasteiger partial charge in [-0.15, -0.1) is 0 Å². The van der Waals surface area contributed by atoms with Gasteiger partial charge in [0.05, 0.1) is 0 Å². The smallest absolute Gasteiger partial charge is 0.0168 e. The zero-order valence-corrected chi connectivity index (χ0v) is 8.58. The number of hydrogen-bond acceptors (Lipinski definition) is 2. The molecule has 1 saturated heterocycles. The third-order valence-electron chi connectivity index (χ3n) is 2.43. The highest BCUT2D eigenvalue weighted by molar-refractivity contribution is 7.99. The van der Waals surface area contributed by atoms with Crippen LogP contribution in [-0.4, -0.2) is 23.6 Å². The maximum Gasteiger partial charge on any atom is 0.0168 e. The minimum atomic E-state index is 0.679. The van der Waals surface area contributed by atoms with Crippen LogP contribution in [0, 0.1) is 5.92 Å². The maximum atomic E-state index is 3.66. The lowest BCUT2D eigenvalue weighted by Crippen LogP contribution is -2.39. The number of thioether (sulfide) groups is 1. The second-order valence-corrected chi connectivity index (χ2v) is 4.91. The van der Waals surface area contributed by atoms with E-state index in [2.05, 4.69) is 37.8 Å². The second kappa shape index (κ2) is 4.36. The summed E-state index contributed by atoms with van der Waals surface area (Å²) >= 11 is 2.07. The van der Waals surface area contributed by atoms with Gasteiger partial charge >= 0.3 is 0 Å². The molecule has 1 heterocycles. The molecule has 1 N–H and O–H groups in total. The van der Waals surface area contributed by atoms with E-state index in [0.29, 0.717) is 6.04 Å². The Morgan fingerprint density at radius 3 is 2.55 bits per heavy atom.